The molecule has 0 aliphatic carbocycles. The number of benzene rings is 4. The SMILES string of the molecule is CC1CC(CC#C[Si](C(C)C)(C(C)C)C(C)C)N(c2nc3ccc(-c4ccc(N(c5ccccc5)c5ccccc5)cc4)cc3s2)C1=O. The van der Waals surface area contributed by atoms with Crippen LogP contribution in [0.25, 0.3) is 21.3 Å². The van der Waals surface area contributed by atoms with Crippen LogP contribution in [0, 0.1) is 17.4 Å². The number of hydrogen-bond acceptors (Lipinski definition) is 4. The molecule has 4 nitrogen and oxygen atoms in total. The first kappa shape index (κ1) is 33.7. The predicted molar refractivity (Wildman–Crippen MR) is 208 cm³/mol. The number of para-hydroxylation sites is 2. The maximum atomic E-state index is 13.5. The van der Waals surface area contributed by atoms with Crippen molar-refractivity contribution in [2.24, 2.45) is 5.92 Å². The van der Waals surface area contributed by atoms with Crippen LogP contribution in [-0.4, -0.2) is 25.0 Å². The Morgan fingerprint density at radius 3 is 1.90 bits per heavy atom. The molecular weight excluding hydrogens is 623 g/mol. The van der Waals surface area contributed by atoms with Crippen LogP contribution in [0.1, 0.15) is 61.3 Å². The maximum Gasteiger partial charge on any atom is 0.231 e. The van der Waals surface area contributed by atoms with Crippen LogP contribution >= 0.6 is 11.3 Å². The van der Waals surface area contributed by atoms with Gasteiger partial charge in [0.15, 0.2) is 5.13 Å². The zero-order valence-corrected chi connectivity index (χ0v) is 31.1. The molecule has 0 N–H and O–H groups in total. The Bertz CT molecular complexity index is 1860. The molecule has 48 heavy (non-hydrogen) atoms. The summed E-state index contributed by atoms with van der Waals surface area (Å²) in [4.78, 5) is 22.7. The molecule has 1 saturated heterocycles. The minimum absolute atomic E-state index is 0.0217. The topological polar surface area (TPSA) is 36.4 Å². The van der Waals surface area contributed by atoms with Gasteiger partial charge in [-0.15, -0.1) is 11.5 Å². The van der Waals surface area contributed by atoms with Crippen molar-refractivity contribution in [1.29, 1.82) is 0 Å². The lowest BCUT2D eigenvalue weighted by Gasteiger charge is -2.38. The van der Waals surface area contributed by atoms with E-state index in [4.69, 9.17) is 4.98 Å². The number of carbonyl (C=O) groups is 1. The Labute approximate surface area is 291 Å². The third kappa shape index (κ3) is 6.46. The van der Waals surface area contributed by atoms with E-state index >= 15 is 0 Å². The van der Waals surface area contributed by atoms with Crippen LogP contribution in [-0.2, 0) is 4.79 Å². The Kier molecular flexibility index (Phi) is 9.92. The quantitative estimate of drug-likeness (QED) is 0.116. The molecule has 1 aliphatic rings. The number of aromatic nitrogens is 1. The molecule has 1 fully saturated rings. The van der Waals surface area contributed by atoms with Gasteiger partial charge in [0.05, 0.1) is 16.3 Å². The van der Waals surface area contributed by atoms with Gasteiger partial charge in [0.1, 0.15) is 8.07 Å². The molecule has 1 amide bonds. The summed E-state index contributed by atoms with van der Waals surface area (Å²) in [7, 11) is -1.82. The van der Waals surface area contributed by atoms with E-state index in [2.05, 4.69) is 149 Å². The monoisotopic (exact) mass is 669 g/mol. The van der Waals surface area contributed by atoms with Crippen molar-refractivity contribution < 1.29 is 4.79 Å². The fraction of sp³-hybridized carbons (Fsp3) is 0.333. The van der Waals surface area contributed by atoms with Gasteiger partial charge in [-0.1, -0.05) is 114 Å². The molecule has 6 heteroatoms. The number of fused-ring (bicyclic) bond motifs is 1. The van der Waals surface area contributed by atoms with Crippen molar-refractivity contribution >= 4 is 57.7 Å². The lowest BCUT2D eigenvalue weighted by molar-refractivity contribution is -0.120. The number of thiazole rings is 1. The first-order valence-corrected chi connectivity index (χ1v) is 20.4. The average molecular weight is 670 g/mol. The lowest BCUT2D eigenvalue weighted by atomic mass is 10.0. The zero-order valence-electron chi connectivity index (χ0n) is 29.3. The highest BCUT2D eigenvalue weighted by Gasteiger charge is 2.42. The molecule has 0 bridgehead atoms. The van der Waals surface area contributed by atoms with Crippen LogP contribution in [0.5, 0.6) is 0 Å². The molecule has 0 spiro atoms. The predicted octanol–water partition coefficient (Wildman–Crippen LogP) is 11.8. The summed E-state index contributed by atoms with van der Waals surface area (Å²) in [5.41, 5.74) is 12.2. The molecule has 6 rings (SSSR count). The van der Waals surface area contributed by atoms with Crippen LogP contribution in [0.4, 0.5) is 22.2 Å². The average Bonchev–Trinajstić information content (AvgIpc) is 3.62. The van der Waals surface area contributed by atoms with Gasteiger partial charge < -0.3 is 4.90 Å². The van der Waals surface area contributed by atoms with Crippen molar-refractivity contribution in [2.45, 2.75) is 84.0 Å². The summed E-state index contributed by atoms with van der Waals surface area (Å²) in [5.74, 6) is 3.79. The van der Waals surface area contributed by atoms with E-state index in [1.807, 2.05) is 24.0 Å². The Hall–Kier alpha value is -4.18. The van der Waals surface area contributed by atoms with Gasteiger partial charge in [-0.05, 0) is 82.7 Å². The maximum absolute atomic E-state index is 13.5. The minimum atomic E-state index is -1.82. The van der Waals surface area contributed by atoms with Gasteiger partial charge in [0.2, 0.25) is 5.91 Å². The molecule has 246 valence electrons. The van der Waals surface area contributed by atoms with Crippen LogP contribution in [0.15, 0.2) is 103 Å². The molecular formula is C42H47N3OSSi. The van der Waals surface area contributed by atoms with E-state index in [0.717, 1.165) is 50.0 Å². The molecule has 1 aliphatic heterocycles. The van der Waals surface area contributed by atoms with Gasteiger partial charge in [-0.3, -0.25) is 9.69 Å². The molecule has 2 atom stereocenters. The van der Waals surface area contributed by atoms with Crippen LogP contribution < -0.4 is 9.80 Å². The smallest absolute Gasteiger partial charge is 0.231 e. The Morgan fingerprint density at radius 1 is 0.792 bits per heavy atom. The van der Waals surface area contributed by atoms with E-state index in [-0.39, 0.29) is 17.9 Å². The summed E-state index contributed by atoms with van der Waals surface area (Å²) in [6.07, 6.45) is 1.52. The summed E-state index contributed by atoms with van der Waals surface area (Å²) < 4.78 is 1.09. The van der Waals surface area contributed by atoms with Crippen LogP contribution in [0.2, 0.25) is 16.6 Å². The van der Waals surface area contributed by atoms with Gasteiger partial charge in [-0.2, -0.15) is 0 Å². The summed E-state index contributed by atoms with van der Waals surface area (Å²) in [5, 5.41) is 0.792. The standard InChI is InChI=1S/C42H47N3OSSi/c1-29(2)48(30(3)4,31(5)6)26-14-19-38-27-32(7)41(46)45(38)42-43-39-25-22-34(28-40(39)47-42)33-20-23-37(24-21-33)44(35-15-10-8-11-16-35)36-17-12-9-13-18-36/h8-13,15-18,20-25,28-32,38H,19,27H2,1-7H3. The second-order valence-corrected chi connectivity index (χ2v) is 20.7. The van der Waals surface area contributed by atoms with Crippen LogP contribution in [0.3, 0.4) is 0 Å². The minimum Gasteiger partial charge on any atom is -0.311 e. The summed E-state index contributed by atoms with van der Waals surface area (Å²) in [6.45, 7) is 16.1. The van der Waals surface area contributed by atoms with E-state index < -0.39 is 8.07 Å². The molecule has 2 unspecified atom stereocenters. The Morgan fingerprint density at radius 2 is 1.33 bits per heavy atom. The first-order valence-electron chi connectivity index (χ1n) is 17.3. The molecule has 0 radical (unpaired) electrons. The van der Waals surface area contributed by atoms with Gasteiger partial charge in [0, 0.05) is 29.4 Å². The molecule has 0 saturated carbocycles. The molecule has 1 aromatic heterocycles. The summed E-state index contributed by atoms with van der Waals surface area (Å²) in [6, 6.07) is 36.2. The summed E-state index contributed by atoms with van der Waals surface area (Å²) >= 11 is 1.62. The first-order chi connectivity index (χ1) is 23.1. The van der Waals surface area contributed by atoms with Crippen molar-refractivity contribution in [3.05, 3.63) is 103 Å². The molecule has 5 aromatic rings. The normalized spacial score (nSPS) is 16.6. The van der Waals surface area contributed by atoms with E-state index in [0.29, 0.717) is 23.0 Å². The zero-order chi connectivity index (χ0) is 34.0. The van der Waals surface area contributed by atoms with Gasteiger partial charge in [0.25, 0.3) is 0 Å². The molecule has 4 aromatic carbocycles. The van der Waals surface area contributed by atoms with Crippen molar-refractivity contribution in [3.8, 4) is 22.6 Å². The number of nitrogens with zero attached hydrogens (tertiary/aromatic N) is 3. The van der Waals surface area contributed by atoms with E-state index in [1.54, 1.807) is 11.3 Å². The Balaban J connectivity index is 1.26. The third-order valence-corrected chi connectivity index (χ3v) is 17.6. The largest absolute Gasteiger partial charge is 0.311 e. The highest BCUT2D eigenvalue weighted by atomic mass is 32.1. The fourth-order valence-corrected chi connectivity index (χ4v) is 14.2. The second-order valence-electron chi connectivity index (χ2n) is 14.1. The highest BCUT2D eigenvalue weighted by molar-refractivity contribution is 7.22. The lowest BCUT2D eigenvalue weighted by Crippen LogP contribution is -2.43. The second kappa shape index (κ2) is 14.1. The highest BCUT2D eigenvalue weighted by Crippen LogP contribution is 2.42. The van der Waals surface area contributed by atoms with Crippen molar-refractivity contribution in [1.82, 2.24) is 4.98 Å². The van der Waals surface area contributed by atoms with Gasteiger partial charge in [-0.25, -0.2) is 4.98 Å². The molecule has 2 heterocycles. The van der Waals surface area contributed by atoms with E-state index in [1.165, 1.54) is 0 Å². The number of rotatable bonds is 9. The number of amides is 1. The van der Waals surface area contributed by atoms with Crippen molar-refractivity contribution in [2.75, 3.05) is 9.80 Å². The number of anilines is 4. The van der Waals surface area contributed by atoms with E-state index in [9.17, 15) is 4.79 Å². The fourth-order valence-electron chi connectivity index (χ4n) is 7.81. The number of hydrogen-bond donors (Lipinski definition) is 0. The number of carbonyl (C=O) groups excluding carboxylic acids is 1. The third-order valence-electron chi connectivity index (χ3n) is 10.2. The van der Waals surface area contributed by atoms with Gasteiger partial charge >= 0.3 is 0 Å². The van der Waals surface area contributed by atoms with Crippen molar-refractivity contribution in [3.63, 3.8) is 0 Å².